The molecule has 1 aliphatic rings. The highest BCUT2D eigenvalue weighted by Gasteiger charge is 2.34. The van der Waals surface area contributed by atoms with Crippen LogP contribution in [0, 0.1) is 5.41 Å². The second-order valence-corrected chi connectivity index (χ2v) is 5.89. The number of carbonyl (C=O) groups is 2. The van der Waals surface area contributed by atoms with Crippen LogP contribution < -0.4 is 20.7 Å². The van der Waals surface area contributed by atoms with Gasteiger partial charge in [-0.1, -0.05) is 0 Å². The molecule has 6 heteroatoms. The molecule has 0 aliphatic carbocycles. The smallest absolute Gasteiger partial charge is 0.231 e. The van der Waals surface area contributed by atoms with E-state index in [9.17, 15) is 9.59 Å². The molecule has 1 saturated heterocycles. The molecule has 3 N–H and O–H groups in total. The van der Waals surface area contributed by atoms with Gasteiger partial charge in [-0.2, -0.15) is 0 Å². The maximum Gasteiger partial charge on any atom is 0.231 e. The number of carbonyl (C=O) groups excluding carboxylic acids is 2. The average molecular weight is 305 g/mol. The number of hydrogen-bond donors (Lipinski definition) is 3. The Labute approximate surface area is 130 Å². The molecule has 1 aromatic carbocycles. The van der Waals surface area contributed by atoms with Gasteiger partial charge in [0.15, 0.2) is 0 Å². The van der Waals surface area contributed by atoms with Crippen LogP contribution in [0.3, 0.4) is 0 Å². The summed E-state index contributed by atoms with van der Waals surface area (Å²) in [5.41, 5.74) is 0.836. The summed E-state index contributed by atoms with van der Waals surface area (Å²) in [4.78, 5) is 23.6. The molecule has 1 aromatic rings. The second kappa shape index (κ2) is 6.79. The topological polar surface area (TPSA) is 79.5 Å². The number of piperidine rings is 1. The van der Waals surface area contributed by atoms with Crippen LogP contribution in [0.1, 0.15) is 26.7 Å². The molecule has 0 aromatic heterocycles. The predicted molar refractivity (Wildman–Crippen MR) is 86.1 cm³/mol. The minimum absolute atomic E-state index is 0.00553. The van der Waals surface area contributed by atoms with Crippen molar-refractivity contribution in [3.8, 4) is 5.75 Å². The van der Waals surface area contributed by atoms with E-state index in [0.717, 1.165) is 19.4 Å². The van der Waals surface area contributed by atoms with Gasteiger partial charge in [0.1, 0.15) is 5.75 Å². The molecule has 0 bridgehead atoms. The van der Waals surface area contributed by atoms with Gasteiger partial charge in [0, 0.05) is 25.2 Å². The quantitative estimate of drug-likeness (QED) is 0.795. The number of rotatable bonds is 4. The molecule has 2 rings (SSSR count). The molecule has 1 heterocycles. The van der Waals surface area contributed by atoms with Gasteiger partial charge in [-0.25, -0.2) is 0 Å². The third kappa shape index (κ3) is 3.76. The summed E-state index contributed by atoms with van der Waals surface area (Å²) in [6.45, 7) is 5.05. The second-order valence-electron chi connectivity index (χ2n) is 5.89. The number of benzene rings is 1. The third-order valence-electron chi connectivity index (χ3n) is 3.92. The van der Waals surface area contributed by atoms with Gasteiger partial charge in [0.2, 0.25) is 11.8 Å². The average Bonchev–Trinajstić information content (AvgIpc) is 2.49. The first-order chi connectivity index (χ1) is 10.4. The molecule has 22 heavy (non-hydrogen) atoms. The number of anilines is 2. The van der Waals surface area contributed by atoms with Crippen molar-refractivity contribution in [1.82, 2.24) is 5.32 Å². The molecule has 1 fully saturated rings. The van der Waals surface area contributed by atoms with Crippen molar-refractivity contribution >= 4 is 23.2 Å². The van der Waals surface area contributed by atoms with E-state index in [0.29, 0.717) is 23.7 Å². The molecule has 2 amide bonds. The summed E-state index contributed by atoms with van der Waals surface area (Å²) in [5.74, 6) is 0.338. The van der Waals surface area contributed by atoms with Crippen LogP contribution in [0.2, 0.25) is 0 Å². The Bertz CT molecular complexity index is 566. The number of methoxy groups -OCH3 is 1. The molecule has 0 spiro atoms. The molecule has 0 radical (unpaired) electrons. The summed E-state index contributed by atoms with van der Waals surface area (Å²) >= 11 is 0. The van der Waals surface area contributed by atoms with E-state index in [1.807, 2.05) is 6.92 Å². The summed E-state index contributed by atoms with van der Waals surface area (Å²) in [6.07, 6.45) is 1.86. The predicted octanol–water partition coefficient (Wildman–Crippen LogP) is 1.98. The lowest BCUT2D eigenvalue weighted by molar-refractivity contribution is -0.125. The van der Waals surface area contributed by atoms with Crippen LogP contribution >= 0.6 is 0 Å². The van der Waals surface area contributed by atoms with Crippen LogP contribution in [-0.4, -0.2) is 32.0 Å². The highest BCUT2D eigenvalue weighted by molar-refractivity contribution is 5.96. The fourth-order valence-corrected chi connectivity index (χ4v) is 2.59. The first-order valence-corrected chi connectivity index (χ1v) is 7.42. The van der Waals surface area contributed by atoms with E-state index in [-0.39, 0.29) is 11.8 Å². The number of ether oxygens (including phenoxy) is 1. The van der Waals surface area contributed by atoms with Crippen molar-refractivity contribution in [2.24, 2.45) is 5.41 Å². The van der Waals surface area contributed by atoms with Gasteiger partial charge in [-0.3, -0.25) is 9.59 Å². The molecule has 1 atom stereocenters. The highest BCUT2D eigenvalue weighted by Crippen LogP contribution is 2.31. The Morgan fingerprint density at radius 2 is 2.09 bits per heavy atom. The molecular weight excluding hydrogens is 282 g/mol. The van der Waals surface area contributed by atoms with E-state index in [2.05, 4.69) is 16.0 Å². The number of amides is 2. The van der Waals surface area contributed by atoms with Crippen molar-refractivity contribution < 1.29 is 14.3 Å². The maximum atomic E-state index is 12.5. The zero-order chi connectivity index (χ0) is 16.2. The van der Waals surface area contributed by atoms with Crippen LogP contribution in [0.4, 0.5) is 11.4 Å². The Morgan fingerprint density at radius 1 is 1.32 bits per heavy atom. The van der Waals surface area contributed by atoms with Gasteiger partial charge < -0.3 is 20.7 Å². The van der Waals surface area contributed by atoms with Gasteiger partial charge in [0.25, 0.3) is 0 Å². The monoisotopic (exact) mass is 305 g/mol. The Morgan fingerprint density at radius 3 is 2.68 bits per heavy atom. The lowest BCUT2D eigenvalue weighted by Gasteiger charge is -2.32. The summed E-state index contributed by atoms with van der Waals surface area (Å²) < 4.78 is 5.26. The SMILES string of the molecule is COc1cc(NC(=O)C2(C)CCCNC2)ccc1NC(C)=O. The van der Waals surface area contributed by atoms with Gasteiger partial charge in [-0.05, 0) is 38.4 Å². The molecule has 1 unspecified atom stereocenters. The van der Waals surface area contributed by atoms with Crippen molar-refractivity contribution in [3.63, 3.8) is 0 Å². The van der Waals surface area contributed by atoms with E-state index in [1.165, 1.54) is 14.0 Å². The Balaban J connectivity index is 2.12. The van der Waals surface area contributed by atoms with Crippen LogP contribution in [0.5, 0.6) is 5.75 Å². The van der Waals surface area contributed by atoms with Gasteiger partial charge in [-0.15, -0.1) is 0 Å². The molecule has 6 nitrogen and oxygen atoms in total. The standard InChI is InChI=1S/C16H23N3O3/c1-11(20)18-13-6-5-12(9-14(13)22-3)19-15(21)16(2)7-4-8-17-10-16/h5-6,9,17H,4,7-8,10H2,1-3H3,(H,18,20)(H,19,21). The lowest BCUT2D eigenvalue weighted by Crippen LogP contribution is -2.46. The normalized spacial score (nSPS) is 21.0. The summed E-state index contributed by atoms with van der Waals surface area (Å²) in [5, 5.41) is 8.89. The van der Waals surface area contributed by atoms with Gasteiger partial charge >= 0.3 is 0 Å². The van der Waals surface area contributed by atoms with E-state index < -0.39 is 5.41 Å². The maximum absolute atomic E-state index is 12.5. The molecule has 1 aliphatic heterocycles. The summed E-state index contributed by atoms with van der Waals surface area (Å²) in [7, 11) is 1.53. The first kappa shape index (κ1) is 16.3. The Hall–Kier alpha value is -2.08. The molecular formula is C16H23N3O3. The fourth-order valence-electron chi connectivity index (χ4n) is 2.59. The zero-order valence-electron chi connectivity index (χ0n) is 13.3. The van der Waals surface area contributed by atoms with Crippen molar-refractivity contribution in [1.29, 1.82) is 0 Å². The first-order valence-electron chi connectivity index (χ1n) is 7.42. The minimum Gasteiger partial charge on any atom is -0.494 e. The molecule has 0 saturated carbocycles. The lowest BCUT2D eigenvalue weighted by atomic mass is 9.82. The van der Waals surface area contributed by atoms with Gasteiger partial charge in [0.05, 0.1) is 18.2 Å². The fraction of sp³-hybridized carbons (Fsp3) is 0.500. The largest absolute Gasteiger partial charge is 0.494 e. The van der Waals surface area contributed by atoms with Crippen LogP contribution in [0.25, 0.3) is 0 Å². The van der Waals surface area contributed by atoms with Crippen LogP contribution in [0.15, 0.2) is 18.2 Å². The molecule has 120 valence electrons. The van der Waals surface area contributed by atoms with E-state index in [4.69, 9.17) is 4.74 Å². The van der Waals surface area contributed by atoms with Crippen LogP contribution in [-0.2, 0) is 9.59 Å². The van der Waals surface area contributed by atoms with Crippen molar-refractivity contribution in [3.05, 3.63) is 18.2 Å². The number of hydrogen-bond acceptors (Lipinski definition) is 4. The van der Waals surface area contributed by atoms with Crippen molar-refractivity contribution in [2.45, 2.75) is 26.7 Å². The third-order valence-corrected chi connectivity index (χ3v) is 3.92. The van der Waals surface area contributed by atoms with E-state index >= 15 is 0 Å². The number of nitrogens with one attached hydrogen (secondary N) is 3. The highest BCUT2D eigenvalue weighted by atomic mass is 16.5. The Kier molecular flexibility index (Phi) is 5.03. The minimum atomic E-state index is -0.401. The van der Waals surface area contributed by atoms with Crippen molar-refractivity contribution in [2.75, 3.05) is 30.8 Å². The zero-order valence-corrected chi connectivity index (χ0v) is 13.3. The van der Waals surface area contributed by atoms with E-state index in [1.54, 1.807) is 18.2 Å². The summed E-state index contributed by atoms with van der Waals surface area (Å²) in [6, 6.07) is 5.19.